The quantitative estimate of drug-likeness (QED) is 0.379. The normalized spacial score (nSPS) is 15.9. The van der Waals surface area contributed by atoms with Crippen molar-refractivity contribution >= 4 is 22.9 Å². The van der Waals surface area contributed by atoms with Gasteiger partial charge in [-0.15, -0.1) is 0 Å². The predicted octanol–water partition coefficient (Wildman–Crippen LogP) is 4.06. The molecule has 208 valence electrons. The number of rotatable bonds is 6. The van der Waals surface area contributed by atoms with E-state index in [1.807, 2.05) is 43.7 Å². The van der Waals surface area contributed by atoms with Crippen LogP contribution < -0.4 is 14.8 Å². The summed E-state index contributed by atoms with van der Waals surface area (Å²) in [5.41, 5.74) is 2.91. The molecule has 4 aromatic heterocycles. The minimum absolute atomic E-state index is 0.0585. The Labute approximate surface area is 231 Å². The van der Waals surface area contributed by atoms with Gasteiger partial charge in [0.25, 0.3) is 5.88 Å². The SMILES string of the molecule is CC(CNc1cc(-c2cnc3c(cnn3C3CN(C(=O)OC(C)(C)C)C3)c2)ncn1)c1ccnc2c1OCCO2. The molecule has 0 saturated carbocycles. The van der Waals surface area contributed by atoms with Crippen LogP contribution in [0.2, 0.25) is 0 Å². The monoisotopic (exact) mass is 544 g/mol. The van der Waals surface area contributed by atoms with Crippen LogP contribution >= 0.6 is 0 Å². The molecule has 1 fully saturated rings. The molecular weight excluding hydrogens is 512 g/mol. The van der Waals surface area contributed by atoms with Gasteiger partial charge in [0.1, 0.15) is 31.0 Å². The van der Waals surface area contributed by atoms with Gasteiger partial charge in [0.15, 0.2) is 11.4 Å². The van der Waals surface area contributed by atoms with E-state index in [2.05, 4.69) is 37.3 Å². The Bertz CT molecular complexity index is 1540. The highest BCUT2D eigenvalue weighted by Gasteiger charge is 2.36. The summed E-state index contributed by atoms with van der Waals surface area (Å²) < 4.78 is 18.8. The molecular formula is C28H32N8O4. The minimum atomic E-state index is -0.517. The van der Waals surface area contributed by atoms with Gasteiger partial charge in [0, 0.05) is 60.5 Å². The van der Waals surface area contributed by atoms with Crippen LogP contribution in [0.25, 0.3) is 22.3 Å². The molecule has 0 bridgehead atoms. The van der Waals surface area contributed by atoms with E-state index < -0.39 is 5.60 Å². The molecule has 2 aliphatic rings. The first-order valence-corrected chi connectivity index (χ1v) is 13.4. The molecule has 12 nitrogen and oxygen atoms in total. The van der Waals surface area contributed by atoms with Gasteiger partial charge in [-0.2, -0.15) is 5.10 Å². The highest BCUT2D eigenvalue weighted by molar-refractivity contribution is 5.80. The zero-order valence-corrected chi connectivity index (χ0v) is 23.0. The number of ether oxygens (including phenoxy) is 3. The number of hydrogen-bond acceptors (Lipinski definition) is 10. The molecule has 2 aliphatic heterocycles. The van der Waals surface area contributed by atoms with Gasteiger partial charge in [0.2, 0.25) is 0 Å². The summed E-state index contributed by atoms with van der Waals surface area (Å²) in [6, 6.07) is 5.95. The number of likely N-dealkylation sites (tertiary alicyclic amines) is 1. The van der Waals surface area contributed by atoms with Gasteiger partial charge >= 0.3 is 6.09 Å². The van der Waals surface area contributed by atoms with Crippen LogP contribution in [-0.2, 0) is 4.74 Å². The third-order valence-electron chi connectivity index (χ3n) is 6.85. The Balaban J connectivity index is 1.12. The number of nitrogens with zero attached hydrogens (tertiary/aromatic N) is 7. The zero-order valence-electron chi connectivity index (χ0n) is 23.0. The summed E-state index contributed by atoms with van der Waals surface area (Å²) in [5, 5.41) is 8.87. The van der Waals surface area contributed by atoms with Gasteiger partial charge in [0.05, 0.1) is 17.9 Å². The number of carbonyl (C=O) groups excluding carboxylic acids is 1. The fourth-order valence-corrected chi connectivity index (χ4v) is 4.77. The standard InChI is InChI=1S/C28H32N8O4/c1-17(21-5-6-29-26-24(21)38-7-8-39-26)11-30-23-10-22(32-16-33-23)18-9-19-13-34-36(25(19)31-12-18)20-14-35(15-20)27(37)40-28(2,3)4/h5-6,9-10,12-13,16-17,20H,7-8,11,14-15H2,1-4H3,(H,30,32,33). The Morgan fingerprint density at radius 2 is 1.95 bits per heavy atom. The predicted molar refractivity (Wildman–Crippen MR) is 148 cm³/mol. The smallest absolute Gasteiger partial charge is 0.410 e. The lowest BCUT2D eigenvalue weighted by atomic mass is 10.0. The largest absolute Gasteiger partial charge is 0.484 e. The van der Waals surface area contributed by atoms with Crippen LogP contribution in [0.15, 0.2) is 43.1 Å². The first kappa shape index (κ1) is 25.8. The lowest BCUT2D eigenvalue weighted by molar-refractivity contribution is 0.0000840. The second-order valence-electron chi connectivity index (χ2n) is 11.1. The fraction of sp³-hybridized carbons (Fsp3) is 0.429. The summed E-state index contributed by atoms with van der Waals surface area (Å²) >= 11 is 0. The second-order valence-corrected chi connectivity index (χ2v) is 11.1. The van der Waals surface area contributed by atoms with Crippen molar-refractivity contribution in [1.82, 2.24) is 34.6 Å². The fourth-order valence-electron chi connectivity index (χ4n) is 4.77. The number of carbonyl (C=O) groups is 1. The first-order valence-electron chi connectivity index (χ1n) is 13.4. The van der Waals surface area contributed by atoms with Crippen molar-refractivity contribution in [2.24, 2.45) is 0 Å². The topological polar surface area (TPSA) is 129 Å². The Morgan fingerprint density at radius 3 is 2.77 bits per heavy atom. The van der Waals surface area contributed by atoms with Gasteiger partial charge in [-0.05, 0) is 32.9 Å². The van der Waals surface area contributed by atoms with E-state index in [0.717, 1.165) is 27.9 Å². The Hall–Kier alpha value is -4.48. The Kier molecular flexibility index (Phi) is 6.60. The summed E-state index contributed by atoms with van der Waals surface area (Å²) in [6.45, 7) is 10.4. The van der Waals surface area contributed by atoms with Crippen LogP contribution in [0.4, 0.5) is 10.6 Å². The van der Waals surface area contributed by atoms with Crippen molar-refractivity contribution in [1.29, 1.82) is 0 Å². The van der Waals surface area contributed by atoms with E-state index in [1.54, 1.807) is 29.8 Å². The number of aromatic nitrogens is 6. The lowest BCUT2D eigenvalue weighted by Gasteiger charge is -2.39. The van der Waals surface area contributed by atoms with Gasteiger partial charge in [-0.1, -0.05) is 6.92 Å². The molecule has 6 rings (SSSR count). The van der Waals surface area contributed by atoms with Crippen LogP contribution in [0.5, 0.6) is 11.6 Å². The lowest BCUT2D eigenvalue weighted by Crippen LogP contribution is -2.52. The summed E-state index contributed by atoms with van der Waals surface area (Å²) in [7, 11) is 0. The first-order chi connectivity index (χ1) is 19.2. The third kappa shape index (κ3) is 5.21. The molecule has 1 saturated heterocycles. The van der Waals surface area contributed by atoms with Crippen molar-refractivity contribution in [3.05, 3.63) is 48.7 Å². The van der Waals surface area contributed by atoms with E-state index >= 15 is 0 Å². The molecule has 12 heteroatoms. The van der Waals surface area contributed by atoms with Crippen molar-refractivity contribution in [3.63, 3.8) is 0 Å². The molecule has 1 N–H and O–H groups in total. The number of amides is 1. The van der Waals surface area contributed by atoms with Crippen molar-refractivity contribution in [3.8, 4) is 22.9 Å². The van der Waals surface area contributed by atoms with Gasteiger partial charge in [-0.3, -0.25) is 0 Å². The molecule has 1 unspecified atom stereocenters. The molecule has 1 amide bonds. The molecule has 0 spiro atoms. The third-order valence-corrected chi connectivity index (χ3v) is 6.85. The van der Waals surface area contributed by atoms with E-state index in [-0.39, 0.29) is 18.1 Å². The van der Waals surface area contributed by atoms with Crippen molar-refractivity contribution < 1.29 is 19.0 Å². The summed E-state index contributed by atoms with van der Waals surface area (Å²) in [6.07, 6.45) is 6.57. The van der Waals surface area contributed by atoms with Gasteiger partial charge in [-0.25, -0.2) is 29.4 Å². The van der Waals surface area contributed by atoms with Crippen LogP contribution in [0.3, 0.4) is 0 Å². The molecule has 6 heterocycles. The Morgan fingerprint density at radius 1 is 1.12 bits per heavy atom. The number of anilines is 1. The maximum absolute atomic E-state index is 12.3. The average molecular weight is 545 g/mol. The summed E-state index contributed by atoms with van der Waals surface area (Å²) in [5.74, 6) is 2.11. The van der Waals surface area contributed by atoms with E-state index in [4.69, 9.17) is 14.2 Å². The maximum atomic E-state index is 12.3. The van der Waals surface area contributed by atoms with Crippen LogP contribution in [0.1, 0.15) is 45.2 Å². The molecule has 4 aromatic rings. The average Bonchev–Trinajstić information content (AvgIpc) is 3.32. The van der Waals surface area contributed by atoms with Crippen molar-refractivity contribution in [2.75, 3.05) is 38.2 Å². The molecule has 40 heavy (non-hydrogen) atoms. The highest BCUT2D eigenvalue weighted by atomic mass is 16.6. The summed E-state index contributed by atoms with van der Waals surface area (Å²) in [4.78, 5) is 31.8. The second kappa shape index (κ2) is 10.2. The van der Waals surface area contributed by atoms with E-state index in [0.29, 0.717) is 50.3 Å². The number of nitrogens with one attached hydrogen (secondary N) is 1. The van der Waals surface area contributed by atoms with Gasteiger partial charge < -0.3 is 24.4 Å². The number of hydrogen-bond donors (Lipinski definition) is 1. The zero-order chi connectivity index (χ0) is 27.9. The van der Waals surface area contributed by atoms with Crippen molar-refractivity contribution in [2.45, 2.75) is 45.3 Å². The number of fused-ring (bicyclic) bond motifs is 2. The van der Waals surface area contributed by atoms with E-state index in [9.17, 15) is 4.79 Å². The molecule has 0 aromatic carbocycles. The number of pyridine rings is 2. The van der Waals surface area contributed by atoms with E-state index in [1.165, 1.54) is 0 Å². The molecule has 0 radical (unpaired) electrons. The highest BCUT2D eigenvalue weighted by Crippen LogP contribution is 2.36. The van der Waals surface area contributed by atoms with Crippen LogP contribution in [0, 0.1) is 0 Å². The van der Waals surface area contributed by atoms with Crippen LogP contribution in [-0.4, -0.2) is 79.2 Å². The maximum Gasteiger partial charge on any atom is 0.410 e. The molecule has 0 aliphatic carbocycles. The minimum Gasteiger partial charge on any atom is -0.484 e. The molecule has 1 atom stereocenters.